The summed E-state index contributed by atoms with van der Waals surface area (Å²) >= 11 is 0. The topological polar surface area (TPSA) is 97.3 Å². The van der Waals surface area contributed by atoms with Gasteiger partial charge in [0, 0.05) is 24.2 Å². The van der Waals surface area contributed by atoms with Gasteiger partial charge in [0.1, 0.15) is 5.75 Å². The van der Waals surface area contributed by atoms with Crippen LogP contribution in [0.2, 0.25) is 0 Å². The molecule has 1 amide bonds. The summed E-state index contributed by atoms with van der Waals surface area (Å²) in [5.41, 5.74) is 4.50. The molecule has 2 aliphatic heterocycles. The van der Waals surface area contributed by atoms with Gasteiger partial charge in [0.15, 0.2) is 11.5 Å². The van der Waals surface area contributed by atoms with Gasteiger partial charge in [-0.1, -0.05) is 35.9 Å². The third kappa shape index (κ3) is 4.97. The first-order valence-corrected chi connectivity index (χ1v) is 12.2. The van der Waals surface area contributed by atoms with Gasteiger partial charge in [0.25, 0.3) is 0 Å². The van der Waals surface area contributed by atoms with Gasteiger partial charge in [-0.3, -0.25) is 14.5 Å². The van der Waals surface area contributed by atoms with E-state index in [1.165, 1.54) is 0 Å². The van der Waals surface area contributed by atoms with Crippen LogP contribution < -0.4 is 19.5 Å². The fraction of sp³-hybridized carbons (Fsp3) is 0.310. The summed E-state index contributed by atoms with van der Waals surface area (Å²) in [4.78, 5) is 27.9. The monoisotopic (exact) mass is 502 g/mol. The van der Waals surface area contributed by atoms with Gasteiger partial charge in [-0.15, -0.1) is 0 Å². The van der Waals surface area contributed by atoms with Gasteiger partial charge in [-0.25, -0.2) is 0 Å². The van der Waals surface area contributed by atoms with Crippen molar-refractivity contribution in [3.8, 4) is 17.2 Å². The number of fused-ring (bicyclic) bond motifs is 1. The van der Waals surface area contributed by atoms with Crippen LogP contribution in [0.5, 0.6) is 17.2 Å². The number of hydrogen-bond acceptors (Lipinski definition) is 6. The van der Waals surface area contributed by atoms with E-state index in [1.807, 2.05) is 79.4 Å². The second kappa shape index (κ2) is 10.1. The van der Waals surface area contributed by atoms with Gasteiger partial charge >= 0.3 is 5.97 Å². The van der Waals surface area contributed by atoms with Crippen molar-refractivity contribution in [3.05, 3.63) is 82.9 Å². The number of amides is 1. The summed E-state index contributed by atoms with van der Waals surface area (Å²) in [5, 5.41) is 13.4. The number of likely N-dealkylation sites (tertiary alicyclic amines) is 1. The first-order valence-electron chi connectivity index (χ1n) is 12.2. The maximum absolute atomic E-state index is 13.2. The molecule has 3 aromatic carbocycles. The number of ether oxygens (including phenoxy) is 3. The van der Waals surface area contributed by atoms with Crippen molar-refractivity contribution < 1.29 is 28.9 Å². The predicted molar refractivity (Wildman–Crippen MR) is 138 cm³/mol. The standard InChI is InChI=1S/C29H30N2O6/c1-17-4-10-23(18(2)12-17)30-26(32)15-31-14-22(20-7-11-24-25(13-20)37-16-36-24)27(29(33)34)28(31)19-5-8-21(35-3)9-6-19/h4-13,22,27-28H,14-16H2,1-3H3,(H,30,32)(H,33,34)/t22-,27+,28-/m1/s1. The van der Waals surface area contributed by atoms with Gasteiger partial charge in [0.05, 0.1) is 19.6 Å². The van der Waals surface area contributed by atoms with Crippen molar-refractivity contribution in [3.63, 3.8) is 0 Å². The molecule has 2 aliphatic rings. The number of carbonyl (C=O) groups excluding carboxylic acids is 1. The third-order valence-electron chi connectivity index (χ3n) is 7.17. The Morgan fingerprint density at radius 2 is 1.73 bits per heavy atom. The molecule has 2 heterocycles. The van der Waals surface area contributed by atoms with E-state index in [2.05, 4.69) is 5.32 Å². The molecule has 0 spiro atoms. The number of methoxy groups -OCH3 is 1. The number of rotatable bonds is 7. The molecule has 2 N–H and O–H groups in total. The van der Waals surface area contributed by atoms with Crippen molar-refractivity contribution in [2.45, 2.75) is 25.8 Å². The Hall–Kier alpha value is -4.04. The molecular weight excluding hydrogens is 472 g/mol. The molecule has 192 valence electrons. The Morgan fingerprint density at radius 3 is 2.43 bits per heavy atom. The summed E-state index contributed by atoms with van der Waals surface area (Å²) in [6.45, 7) is 4.55. The van der Waals surface area contributed by atoms with Gasteiger partial charge in [-0.2, -0.15) is 0 Å². The highest BCUT2D eigenvalue weighted by Gasteiger charge is 2.48. The molecule has 3 atom stereocenters. The molecule has 0 bridgehead atoms. The van der Waals surface area contributed by atoms with E-state index in [4.69, 9.17) is 14.2 Å². The van der Waals surface area contributed by atoms with E-state index >= 15 is 0 Å². The van der Waals surface area contributed by atoms with Crippen LogP contribution in [0.15, 0.2) is 60.7 Å². The summed E-state index contributed by atoms with van der Waals surface area (Å²) in [6.07, 6.45) is 0. The number of nitrogens with zero attached hydrogens (tertiary/aromatic N) is 1. The van der Waals surface area contributed by atoms with E-state index in [0.29, 0.717) is 23.8 Å². The van der Waals surface area contributed by atoms with Crippen molar-refractivity contribution in [2.75, 3.05) is 32.3 Å². The number of carboxylic acids is 1. The number of carboxylic acid groups (broad SMARTS) is 1. The number of nitrogens with one attached hydrogen (secondary N) is 1. The molecule has 8 heteroatoms. The second-order valence-corrected chi connectivity index (χ2v) is 9.60. The Bertz CT molecular complexity index is 1320. The molecule has 5 rings (SSSR count). The fourth-order valence-corrected chi connectivity index (χ4v) is 5.40. The van der Waals surface area contributed by atoms with Crippen LogP contribution >= 0.6 is 0 Å². The number of anilines is 1. The Kier molecular flexibility index (Phi) is 6.76. The van der Waals surface area contributed by atoms with E-state index in [9.17, 15) is 14.7 Å². The lowest BCUT2D eigenvalue weighted by molar-refractivity contribution is -0.143. The zero-order chi connectivity index (χ0) is 26.1. The third-order valence-corrected chi connectivity index (χ3v) is 7.17. The normalized spacial score (nSPS) is 20.6. The molecule has 0 aliphatic carbocycles. The Labute approximate surface area is 215 Å². The minimum atomic E-state index is -0.916. The van der Waals surface area contributed by atoms with Crippen LogP contribution in [-0.4, -0.2) is 48.9 Å². The van der Waals surface area contributed by atoms with Crippen molar-refractivity contribution >= 4 is 17.6 Å². The van der Waals surface area contributed by atoms with Gasteiger partial charge in [-0.05, 0) is 60.9 Å². The highest BCUT2D eigenvalue weighted by molar-refractivity contribution is 5.93. The van der Waals surface area contributed by atoms with Crippen LogP contribution in [0.4, 0.5) is 5.69 Å². The highest BCUT2D eigenvalue weighted by Crippen LogP contribution is 2.47. The number of benzene rings is 3. The largest absolute Gasteiger partial charge is 0.497 e. The molecule has 0 aromatic heterocycles. The minimum Gasteiger partial charge on any atom is -0.497 e. The summed E-state index contributed by atoms with van der Waals surface area (Å²) < 4.78 is 16.3. The fourth-order valence-electron chi connectivity index (χ4n) is 5.40. The lowest BCUT2D eigenvalue weighted by Crippen LogP contribution is -2.35. The number of aliphatic carboxylic acids is 1. The summed E-state index contributed by atoms with van der Waals surface area (Å²) in [6, 6.07) is 18.3. The van der Waals surface area contributed by atoms with Crippen molar-refractivity contribution in [1.29, 1.82) is 0 Å². The molecule has 0 saturated carbocycles. The first kappa shape index (κ1) is 24.6. The van der Waals surface area contributed by atoms with Crippen LogP contribution in [0.3, 0.4) is 0 Å². The molecule has 1 saturated heterocycles. The molecule has 3 aromatic rings. The number of aryl methyl sites for hydroxylation is 2. The SMILES string of the molecule is COc1ccc([C@@H]2[C@@H](C(=O)O)[C@@H](c3ccc4c(c3)OCO4)CN2CC(=O)Nc2ccc(C)cc2C)cc1. The molecule has 1 fully saturated rings. The minimum absolute atomic E-state index is 0.0504. The van der Waals surface area contributed by atoms with Crippen molar-refractivity contribution in [1.82, 2.24) is 4.90 Å². The Balaban J connectivity index is 1.47. The molecule has 37 heavy (non-hydrogen) atoms. The van der Waals surface area contributed by atoms with Crippen LogP contribution in [0, 0.1) is 19.8 Å². The average molecular weight is 503 g/mol. The predicted octanol–water partition coefficient (Wildman–Crippen LogP) is 4.52. The van der Waals surface area contributed by atoms with E-state index in [0.717, 1.165) is 27.9 Å². The lowest BCUT2D eigenvalue weighted by atomic mass is 9.82. The highest BCUT2D eigenvalue weighted by atomic mass is 16.7. The molecule has 0 unspecified atom stereocenters. The number of carbonyl (C=O) groups is 2. The van der Waals surface area contributed by atoms with Crippen molar-refractivity contribution in [2.24, 2.45) is 5.92 Å². The maximum Gasteiger partial charge on any atom is 0.309 e. The number of hydrogen-bond donors (Lipinski definition) is 2. The quantitative estimate of drug-likeness (QED) is 0.490. The van der Waals surface area contributed by atoms with Crippen LogP contribution in [0.1, 0.15) is 34.2 Å². The average Bonchev–Trinajstić information content (AvgIpc) is 3.50. The van der Waals surface area contributed by atoms with E-state index < -0.39 is 17.9 Å². The first-order chi connectivity index (χ1) is 17.8. The van der Waals surface area contributed by atoms with E-state index in [1.54, 1.807) is 7.11 Å². The Morgan fingerprint density at radius 1 is 1.00 bits per heavy atom. The zero-order valence-corrected chi connectivity index (χ0v) is 21.1. The van der Waals surface area contributed by atoms with E-state index in [-0.39, 0.29) is 25.2 Å². The van der Waals surface area contributed by atoms with Crippen LogP contribution in [-0.2, 0) is 9.59 Å². The molecule has 0 radical (unpaired) electrons. The zero-order valence-electron chi connectivity index (χ0n) is 21.1. The molecular formula is C29H30N2O6. The molecule has 8 nitrogen and oxygen atoms in total. The maximum atomic E-state index is 13.2. The summed E-state index contributed by atoms with van der Waals surface area (Å²) in [7, 11) is 1.59. The van der Waals surface area contributed by atoms with Gasteiger partial charge < -0.3 is 24.6 Å². The van der Waals surface area contributed by atoms with Gasteiger partial charge in [0.2, 0.25) is 12.7 Å². The lowest BCUT2D eigenvalue weighted by Gasteiger charge is -2.27. The summed E-state index contributed by atoms with van der Waals surface area (Å²) in [5.74, 6) is -0.309. The second-order valence-electron chi connectivity index (χ2n) is 9.60. The van der Waals surface area contributed by atoms with Crippen LogP contribution in [0.25, 0.3) is 0 Å². The smallest absolute Gasteiger partial charge is 0.309 e.